The summed E-state index contributed by atoms with van der Waals surface area (Å²) in [7, 11) is -1.96. The number of nitrogens with zero attached hydrogens (tertiary/aromatic N) is 2. The average molecular weight is 451 g/mol. The Hall–Kier alpha value is -2.93. The van der Waals surface area contributed by atoms with Crippen LogP contribution in [0.3, 0.4) is 0 Å². The Bertz CT molecular complexity index is 1200. The van der Waals surface area contributed by atoms with Crippen LogP contribution in [0.4, 0.5) is 0 Å². The smallest absolute Gasteiger partial charge is 0.374 e. The Morgan fingerprint density at radius 1 is 1.22 bits per heavy atom. The number of fused-ring (bicyclic) bond motifs is 2. The number of oxime groups is 1. The Balaban J connectivity index is 1.72. The fourth-order valence-electron chi connectivity index (χ4n) is 3.60. The number of ether oxygens (including phenoxy) is 1. The van der Waals surface area contributed by atoms with Crippen LogP contribution in [0.5, 0.6) is 0 Å². The van der Waals surface area contributed by atoms with E-state index in [4.69, 9.17) is 13.7 Å². The van der Waals surface area contributed by atoms with Crippen molar-refractivity contribution in [3.8, 4) is 11.1 Å². The summed E-state index contributed by atoms with van der Waals surface area (Å²) in [4.78, 5) is 16.7. The largest absolute Gasteiger partial charge is 0.460 e. The SMILES string of the molecule is CCOC(=O)c1oc2cnccc2c1-c1ccc2c(c1)CC/C2=N/O[Si](C)(C)C(C)(C)C. The molecule has 0 amide bonds. The maximum absolute atomic E-state index is 12.6. The van der Waals surface area contributed by atoms with Gasteiger partial charge in [-0.2, -0.15) is 0 Å². The molecule has 0 radical (unpaired) electrons. The molecule has 0 spiro atoms. The molecule has 2 heterocycles. The summed E-state index contributed by atoms with van der Waals surface area (Å²) in [6.45, 7) is 13.1. The highest BCUT2D eigenvalue weighted by Gasteiger charge is 2.40. The number of aryl methyl sites for hydroxylation is 1. The first-order chi connectivity index (χ1) is 15.1. The second-order valence-electron chi connectivity index (χ2n) is 9.66. The number of pyridine rings is 1. The summed E-state index contributed by atoms with van der Waals surface area (Å²) in [6, 6.07) is 8.07. The average Bonchev–Trinajstić information content (AvgIpc) is 3.32. The fourth-order valence-corrected chi connectivity index (χ4v) is 4.22. The third-order valence-corrected chi connectivity index (χ3v) is 10.6. The van der Waals surface area contributed by atoms with Crippen molar-refractivity contribution in [2.24, 2.45) is 5.16 Å². The van der Waals surface area contributed by atoms with Gasteiger partial charge in [0.05, 0.1) is 18.5 Å². The first-order valence-electron chi connectivity index (χ1n) is 11.0. The highest BCUT2D eigenvalue weighted by Crippen LogP contribution is 2.39. The molecule has 7 heteroatoms. The lowest BCUT2D eigenvalue weighted by Crippen LogP contribution is -2.39. The van der Waals surface area contributed by atoms with Crippen molar-refractivity contribution in [1.82, 2.24) is 4.98 Å². The molecule has 0 fully saturated rings. The van der Waals surface area contributed by atoms with E-state index in [9.17, 15) is 4.79 Å². The van der Waals surface area contributed by atoms with Gasteiger partial charge in [0, 0.05) is 22.7 Å². The molecule has 0 unspecified atom stereocenters. The zero-order valence-electron chi connectivity index (χ0n) is 19.6. The second-order valence-corrected chi connectivity index (χ2v) is 14.4. The number of rotatable bonds is 5. The van der Waals surface area contributed by atoms with Crippen molar-refractivity contribution in [2.45, 2.75) is 58.7 Å². The number of carbonyl (C=O) groups is 1. The van der Waals surface area contributed by atoms with Gasteiger partial charge in [-0.3, -0.25) is 4.98 Å². The molecule has 2 aromatic heterocycles. The molecule has 0 bridgehead atoms. The zero-order chi connectivity index (χ0) is 23.1. The van der Waals surface area contributed by atoms with Gasteiger partial charge >= 0.3 is 5.97 Å². The Kier molecular flexibility index (Phi) is 5.71. The topological polar surface area (TPSA) is 73.9 Å². The molecule has 0 aliphatic heterocycles. The molecule has 32 heavy (non-hydrogen) atoms. The van der Waals surface area contributed by atoms with Crippen LogP contribution in [0, 0.1) is 0 Å². The monoisotopic (exact) mass is 450 g/mol. The molecule has 0 N–H and O–H groups in total. The van der Waals surface area contributed by atoms with Gasteiger partial charge in [0.1, 0.15) is 0 Å². The van der Waals surface area contributed by atoms with Crippen molar-refractivity contribution in [2.75, 3.05) is 6.61 Å². The molecule has 1 aromatic carbocycles. The van der Waals surface area contributed by atoms with Crippen LogP contribution in [-0.2, 0) is 15.7 Å². The number of esters is 1. The van der Waals surface area contributed by atoms with E-state index >= 15 is 0 Å². The van der Waals surface area contributed by atoms with E-state index < -0.39 is 14.3 Å². The predicted molar refractivity (Wildman–Crippen MR) is 129 cm³/mol. The number of aromatic nitrogens is 1. The van der Waals surface area contributed by atoms with Crippen molar-refractivity contribution < 1.29 is 18.5 Å². The van der Waals surface area contributed by atoms with Gasteiger partial charge in [0.15, 0.2) is 5.58 Å². The Labute approximate surface area is 189 Å². The minimum absolute atomic E-state index is 0.100. The van der Waals surface area contributed by atoms with Crippen LogP contribution < -0.4 is 0 Å². The van der Waals surface area contributed by atoms with Gasteiger partial charge in [0.2, 0.25) is 5.76 Å². The molecule has 0 saturated heterocycles. The summed E-state index contributed by atoms with van der Waals surface area (Å²) in [5.74, 6) is -0.257. The van der Waals surface area contributed by atoms with E-state index in [1.807, 2.05) is 12.1 Å². The molecule has 3 aromatic rings. The minimum Gasteiger partial charge on any atom is -0.460 e. The predicted octanol–water partition coefficient (Wildman–Crippen LogP) is 6.34. The molecular formula is C25H30N2O4Si. The van der Waals surface area contributed by atoms with Crippen molar-refractivity contribution >= 4 is 31.0 Å². The Morgan fingerprint density at radius 3 is 2.72 bits per heavy atom. The molecule has 6 nitrogen and oxygen atoms in total. The lowest BCUT2D eigenvalue weighted by molar-refractivity contribution is 0.0494. The second kappa shape index (κ2) is 8.20. The van der Waals surface area contributed by atoms with Crippen LogP contribution in [0.25, 0.3) is 22.1 Å². The van der Waals surface area contributed by atoms with E-state index in [0.29, 0.717) is 5.58 Å². The zero-order valence-corrected chi connectivity index (χ0v) is 20.6. The van der Waals surface area contributed by atoms with Gasteiger partial charge in [-0.1, -0.05) is 39.0 Å². The summed E-state index contributed by atoms with van der Waals surface area (Å²) >= 11 is 0. The van der Waals surface area contributed by atoms with Crippen LogP contribution in [-0.4, -0.2) is 31.6 Å². The maximum atomic E-state index is 12.6. The molecule has 0 saturated carbocycles. The third kappa shape index (κ3) is 3.97. The van der Waals surface area contributed by atoms with E-state index in [0.717, 1.165) is 40.6 Å². The molecule has 1 aliphatic carbocycles. The number of benzene rings is 1. The van der Waals surface area contributed by atoms with Gasteiger partial charge < -0.3 is 13.7 Å². The summed E-state index contributed by atoms with van der Waals surface area (Å²) in [5.41, 5.74) is 5.52. The lowest BCUT2D eigenvalue weighted by Gasteiger charge is -2.33. The van der Waals surface area contributed by atoms with E-state index in [2.05, 4.69) is 56.1 Å². The summed E-state index contributed by atoms with van der Waals surface area (Å²) < 4.78 is 17.2. The quantitative estimate of drug-likeness (QED) is 0.257. The van der Waals surface area contributed by atoms with Crippen molar-refractivity contribution in [1.29, 1.82) is 0 Å². The standard InChI is InChI=1S/C25H30N2O4Si/c1-7-29-24(28)23-22(19-12-13-26-15-21(19)30-23)17-8-10-18-16(14-17)9-11-20(18)27-31-32(5,6)25(2,3)4/h8,10,12-15H,7,9,11H2,1-6H3/b27-20-. The third-order valence-electron chi connectivity index (χ3n) is 6.48. The van der Waals surface area contributed by atoms with E-state index in [-0.39, 0.29) is 17.4 Å². The van der Waals surface area contributed by atoms with E-state index in [1.165, 1.54) is 5.56 Å². The van der Waals surface area contributed by atoms with Gasteiger partial charge in [-0.25, -0.2) is 4.79 Å². The number of carbonyl (C=O) groups excluding carboxylic acids is 1. The summed E-state index contributed by atoms with van der Waals surface area (Å²) in [6.07, 6.45) is 5.05. The number of hydrogen-bond acceptors (Lipinski definition) is 6. The number of hydrogen-bond donors (Lipinski definition) is 0. The Morgan fingerprint density at radius 2 is 2.00 bits per heavy atom. The van der Waals surface area contributed by atoms with E-state index in [1.54, 1.807) is 19.3 Å². The molecule has 0 atom stereocenters. The maximum Gasteiger partial charge on any atom is 0.374 e. The molecule has 168 valence electrons. The molecule has 1 aliphatic rings. The minimum atomic E-state index is -1.96. The van der Waals surface area contributed by atoms with Crippen LogP contribution in [0.1, 0.15) is 55.8 Å². The normalized spacial score (nSPS) is 15.2. The molecular weight excluding hydrogens is 420 g/mol. The van der Waals surface area contributed by atoms with Crippen LogP contribution >= 0.6 is 0 Å². The molecule has 4 rings (SSSR count). The first-order valence-corrected chi connectivity index (χ1v) is 14.0. The number of furan rings is 1. The first kappa shape index (κ1) is 22.3. The highest BCUT2D eigenvalue weighted by molar-refractivity contribution is 6.74. The van der Waals surface area contributed by atoms with Crippen molar-refractivity contribution in [3.05, 3.63) is 53.5 Å². The fraction of sp³-hybridized carbons (Fsp3) is 0.400. The van der Waals surface area contributed by atoms with Gasteiger partial charge in [-0.15, -0.1) is 5.16 Å². The highest BCUT2D eigenvalue weighted by atomic mass is 28.4. The lowest BCUT2D eigenvalue weighted by atomic mass is 9.98. The van der Waals surface area contributed by atoms with Crippen LogP contribution in [0.15, 0.2) is 46.2 Å². The van der Waals surface area contributed by atoms with Gasteiger partial charge in [-0.05, 0) is 55.1 Å². The van der Waals surface area contributed by atoms with Crippen molar-refractivity contribution in [3.63, 3.8) is 0 Å². The summed E-state index contributed by atoms with van der Waals surface area (Å²) in [5, 5.41) is 5.54. The van der Waals surface area contributed by atoms with Crippen LogP contribution in [0.2, 0.25) is 18.1 Å². The van der Waals surface area contributed by atoms with Gasteiger partial charge in [0.25, 0.3) is 8.32 Å².